The predicted octanol–water partition coefficient (Wildman–Crippen LogP) is 3.99. The van der Waals surface area contributed by atoms with Crippen LogP contribution in [0.5, 0.6) is 0 Å². The van der Waals surface area contributed by atoms with E-state index in [9.17, 15) is 13.2 Å². The van der Waals surface area contributed by atoms with Crippen LogP contribution in [0.1, 0.15) is 41.0 Å². The molecule has 4 heterocycles. The van der Waals surface area contributed by atoms with Gasteiger partial charge in [-0.25, -0.2) is 17.9 Å². The molecule has 0 aliphatic carbocycles. The van der Waals surface area contributed by atoms with Crippen LogP contribution in [-0.2, 0) is 34.0 Å². The molecule has 2 aliphatic rings. The van der Waals surface area contributed by atoms with Crippen LogP contribution in [0.2, 0.25) is 0 Å². The highest BCUT2D eigenvalue weighted by atomic mass is 32.2. The third kappa shape index (κ3) is 8.20. The molecule has 238 valence electrons. The van der Waals surface area contributed by atoms with Gasteiger partial charge in [0.1, 0.15) is 6.61 Å². The number of fused-ring (bicyclic) bond motifs is 2. The molecule has 2 aliphatic heterocycles. The van der Waals surface area contributed by atoms with Crippen LogP contribution in [0.25, 0.3) is 21.8 Å². The lowest BCUT2D eigenvalue weighted by molar-refractivity contribution is 0.177. The number of likely N-dealkylation sites (N-methyl/N-ethyl adjacent to an activating group) is 1. The fourth-order valence-corrected chi connectivity index (χ4v) is 6.79. The first kappa shape index (κ1) is 32.0. The molecule has 2 aromatic carbocycles. The largest absolute Gasteiger partial charge is 0.447 e. The number of H-pyrrole nitrogens is 2. The number of aryl methyl sites for hydroxylation is 1. The van der Waals surface area contributed by atoms with Gasteiger partial charge < -0.3 is 29.8 Å². The van der Waals surface area contributed by atoms with Crippen LogP contribution in [0.4, 0.5) is 4.79 Å². The van der Waals surface area contributed by atoms with Crippen molar-refractivity contribution in [3.63, 3.8) is 0 Å². The molecule has 4 aromatic rings. The van der Waals surface area contributed by atoms with Gasteiger partial charge in [-0.3, -0.25) is 0 Å². The van der Waals surface area contributed by atoms with E-state index < -0.39 is 10.0 Å². The maximum atomic E-state index is 11.6. The SMILES string of the molecule is CN(C)CCc1c[nH]c2ccc(C[C@H]3COC(=O)N3)cc12.CNS(=O)(=O)CCc1ccc2[nH]cc(C3CCN(C)CC3)c2c1. The zero-order valence-corrected chi connectivity index (χ0v) is 27.1. The summed E-state index contributed by atoms with van der Waals surface area (Å²) < 4.78 is 30.5. The number of aromatic nitrogens is 2. The van der Waals surface area contributed by atoms with Gasteiger partial charge in [0.25, 0.3) is 0 Å². The second-order valence-corrected chi connectivity index (χ2v) is 14.4. The highest BCUT2D eigenvalue weighted by Crippen LogP contribution is 2.33. The van der Waals surface area contributed by atoms with Crippen LogP contribution in [-0.4, -0.2) is 101 Å². The minimum Gasteiger partial charge on any atom is -0.447 e. The molecule has 1 amide bonds. The summed E-state index contributed by atoms with van der Waals surface area (Å²) in [7, 11) is 4.65. The molecule has 44 heavy (non-hydrogen) atoms. The fourth-order valence-electron chi connectivity index (χ4n) is 6.08. The number of amides is 1. The Balaban J connectivity index is 0.000000175. The van der Waals surface area contributed by atoms with Crippen LogP contribution in [0.3, 0.4) is 0 Å². The molecule has 0 unspecified atom stereocenters. The van der Waals surface area contributed by atoms with E-state index in [-0.39, 0.29) is 17.9 Å². The number of hydrogen-bond donors (Lipinski definition) is 4. The van der Waals surface area contributed by atoms with E-state index in [2.05, 4.69) is 93.7 Å². The van der Waals surface area contributed by atoms with Gasteiger partial charge in [0.05, 0.1) is 11.8 Å². The summed E-state index contributed by atoms with van der Waals surface area (Å²) in [4.78, 5) is 22.3. The third-order valence-corrected chi connectivity index (χ3v) is 10.2. The van der Waals surface area contributed by atoms with Crippen molar-refractivity contribution in [3.05, 3.63) is 71.0 Å². The number of ether oxygens (including phenoxy) is 1. The Labute approximate surface area is 260 Å². The number of sulfonamides is 1. The minimum absolute atomic E-state index is 0.0825. The van der Waals surface area contributed by atoms with Crippen molar-refractivity contribution in [3.8, 4) is 0 Å². The average molecular weight is 623 g/mol. The third-order valence-electron chi connectivity index (χ3n) is 8.79. The summed E-state index contributed by atoms with van der Waals surface area (Å²) in [5.74, 6) is 0.722. The van der Waals surface area contributed by atoms with Crippen molar-refractivity contribution in [1.82, 2.24) is 29.8 Å². The van der Waals surface area contributed by atoms with E-state index >= 15 is 0 Å². The monoisotopic (exact) mass is 622 g/mol. The number of aromatic amines is 2. The summed E-state index contributed by atoms with van der Waals surface area (Å²) in [6.45, 7) is 3.76. The van der Waals surface area contributed by atoms with E-state index in [1.165, 1.54) is 52.9 Å². The zero-order valence-electron chi connectivity index (χ0n) is 26.3. The molecule has 2 fully saturated rings. The van der Waals surface area contributed by atoms with Gasteiger partial charge >= 0.3 is 6.09 Å². The number of hydrogen-bond acceptors (Lipinski definition) is 6. The van der Waals surface area contributed by atoms with Crippen molar-refractivity contribution in [2.24, 2.45) is 0 Å². The Morgan fingerprint density at radius 2 is 1.66 bits per heavy atom. The van der Waals surface area contributed by atoms with Gasteiger partial charge in [-0.15, -0.1) is 0 Å². The molecule has 6 rings (SSSR count). The first-order valence-electron chi connectivity index (χ1n) is 15.5. The molecule has 0 spiro atoms. The van der Waals surface area contributed by atoms with Gasteiger partial charge in [0, 0.05) is 40.7 Å². The number of likely N-dealkylation sites (tertiary alicyclic amines) is 1. The molecule has 2 saturated heterocycles. The first-order valence-corrected chi connectivity index (χ1v) is 17.1. The van der Waals surface area contributed by atoms with Crippen molar-refractivity contribution in [1.29, 1.82) is 0 Å². The maximum Gasteiger partial charge on any atom is 0.407 e. The number of rotatable bonds is 10. The van der Waals surface area contributed by atoms with Crippen LogP contribution in [0.15, 0.2) is 48.8 Å². The highest BCUT2D eigenvalue weighted by molar-refractivity contribution is 7.89. The number of nitrogens with zero attached hydrogens (tertiary/aromatic N) is 2. The second-order valence-electron chi connectivity index (χ2n) is 12.4. The van der Waals surface area contributed by atoms with Gasteiger partial charge in [-0.05, 0) is 126 Å². The summed E-state index contributed by atoms with van der Waals surface area (Å²) in [6, 6.07) is 12.8. The number of benzene rings is 2. The standard InChI is InChI=1S/C17H25N3O2S.C16H21N3O2/c1-18-23(21,22)10-7-13-3-4-17-15(11-13)16(12-19-17)14-5-8-20(2)9-6-14;1-19(2)6-5-12-9-17-15-4-3-11(8-14(12)15)7-13-10-21-16(20)18-13/h3-4,11-12,14,18-19H,5-10H2,1-2H3;3-4,8-9,13,17H,5-7,10H2,1-2H3,(H,18,20)/t;13-/m.0/s1. The Hall–Kier alpha value is -3.38. The number of cyclic esters (lactones) is 1. The van der Waals surface area contributed by atoms with E-state index in [1.54, 1.807) is 0 Å². The molecule has 11 heteroatoms. The number of carbonyl (C=O) groups is 1. The quantitative estimate of drug-likeness (QED) is 0.212. The Morgan fingerprint density at radius 1 is 0.977 bits per heavy atom. The van der Waals surface area contributed by atoms with E-state index in [0.717, 1.165) is 43.6 Å². The average Bonchev–Trinajstić information content (AvgIpc) is 3.74. The van der Waals surface area contributed by atoms with Crippen molar-refractivity contribution < 1.29 is 17.9 Å². The number of alkyl carbamates (subject to hydrolysis) is 1. The minimum atomic E-state index is -3.16. The molecular formula is C33H46N6O4S. The summed E-state index contributed by atoms with van der Waals surface area (Å²) in [5, 5.41) is 5.35. The van der Waals surface area contributed by atoms with Crippen LogP contribution in [0, 0.1) is 0 Å². The van der Waals surface area contributed by atoms with Gasteiger partial charge in [-0.2, -0.15) is 0 Å². The molecular weight excluding hydrogens is 576 g/mol. The molecule has 2 aromatic heterocycles. The topological polar surface area (TPSA) is 123 Å². The van der Waals surface area contributed by atoms with Crippen molar-refractivity contribution >= 4 is 37.9 Å². The van der Waals surface area contributed by atoms with Gasteiger partial charge in [0.15, 0.2) is 0 Å². The first-order chi connectivity index (χ1) is 21.1. The molecule has 4 N–H and O–H groups in total. The van der Waals surface area contributed by atoms with E-state index in [1.807, 2.05) is 6.07 Å². The Kier molecular flexibility index (Phi) is 10.3. The Morgan fingerprint density at radius 3 is 2.34 bits per heavy atom. The molecule has 0 bridgehead atoms. The summed E-state index contributed by atoms with van der Waals surface area (Å²) >= 11 is 0. The number of carbonyl (C=O) groups excluding carboxylic acids is 1. The fraction of sp³-hybridized carbons (Fsp3) is 0.485. The number of piperidine rings is 1. The lowest BCUT2D eigenvalue weighted by Gasteiger charge is -2.28. The summed E-state index contributed by atoms with van der Waals surface area (Å²) in [5.41, 5.74) is 7.33. The van der Waals surface area contributed by atoms with E-state index in [0.29, 0.717) is 18.9 Å². The molecule has 0 saturated carbocycles. The van der Waals surface area contributed by atoms with Gasteiger partial charge in [-0.1, -0.05) is 12.1 Å². The number of nitrogens with one attached hydrogen (secondary N) is 4. The summed E-state index contributed by atoms with van der Waals surface area (Å²) in [6.07, 6.45) is 8.66. The van der Waals surface area contributed by atoms with Crippen molar-refractivity contribution in [2.75, 3.05) is 60.2 Å². The molecule has 0 radical (unpaired) electrons. The molecule has 10 nitrogen and oxygen atoms in total. The predicted molar refractivity (Wildman–Crippen MR) is 177 cm³/mol. The van der Waals surface area contributed by atoms with Gasteiger partial charge in [0.2, 0.25) is 10.0 Å². The smallest absolute Gasteiger partial charge is 0.407 e. The van der Waals surface area contributed by atoms with Crippen LogP contribution < -0.4 is 10.0 Å². The van der Waals surface area contributed by atoms with E-state index in [4.69, 9.17) is 4.74 Å². The lowest BCUT2D eigenvalue weighted by atomic mass is 9.89. The second kappa shape index (κ2) is 14.2. The Bertz CT molecular complexity index is 1670. The maximum absolute atomic E-state index is 11.6. The molecule has 1 atom stereocenters. The highest BCUT2D eigenvalue weighted by Gasteiger charge is 2.23. The zero-order chi connectivity index (χ0) is 31.3. The lowest BCUT2D eigenvalue weighted by Crippen LogP contribution is -2.29. The normalized spacial score (nSPS) is 18.0. The van der Waals surface area contributed by atoms with Crippen LogP contribution >= 0.6 is 0 Å². The van der Waals surface area contributed by atoms with Crippen molar-refractivity contribution in [2.45, 2.75) is 44.1 Å².